The molecule has 17 heterocycles. The monoisotopic (exact) mass is 2240 g/mol. The number of hydrogen-bond acceptors (Lipinski definition) is 26. The number of benzene rings is 1. The Labute approximate surface area is 839 Å². The van der Waals surface area contributed by atoms with Gasteiger partial charge in [-0.1, -0.05) is 20.8 Å². The van der Waals surface area contributed by atoms with Gasteiger partial charge in [-0.05, 0) is 139 Å². The van der Waals surface area contributed by atoms with E-state index in [1.165, 1.54) is 97.4 Å². The summed E-state index contributed by atoms with van der Waals surface area (Å²) in [4.78, 5) is 95.5. The number of anilines is 7. The highest BCUT2D eigenvalue weighted by Crippen LogP contribution is 2.39. The Morgan fingerprint density at radius 3 is 1.28 bits per heavy atom. The van der Waals surface area contributed by atoms with Gasteiger partial charge in [-0.15, -0.1) is 0 Å². The van der Waals surface area contributed by atoms with Crippen LogP contribution in [0.5, 0.6) is 0 Å². The van der Waals surface area contributed by atoms with E-state index in [0.29, 0.717) is 110 Å². The summed E-state index contributed by atoms with van der Waals surface area (Å²) in [6.07, 6.45) is -11.5. The van der Waals surface area contributed by atoms with Crippen LogP contribution in [0.3, 0.4) is 0 Å². The highest BCUT2D eigenvalue weighted by molar-refractivity contribution is 9.11. The Balaban J connectivity index is 0.000000156. The largest absolute Gasteiger partial charge is 0.496 e. The Morgan fingerprint density at radius 1 is 0.483 bits per heavy atom. The third-order valence-corrected chi connectivity index (χ3v) is 25.3. The molecule has 145 heavy (non-hydrogen) atoms. The summed E-state index contributed by atoms with van der Waals surface area (Å²) in [6.45, 7) is 12.3. The Hall–Kier alpha value is -12.3. The molecule has 6 aliphatic rings. The molecule has 1 saturated heterocycles. The van der Waals surface area contributed by atoms with Crippen molar-refractivity contribution in [2.75, 3.05) is 87.1 Å². The van der Waals surface area contributed by atoms with Crippen molar-refractivity contribution in [3.63, 3.8) is 0 Å². The zero-order valence-corrected chi connectivity index (χ0v) is 84.1. The number of fused-ring (bicyclic) bond motifs is 6. The van der Waals surface area contributed by atoms with Crippen molar-refractivity contribution in [2.24, 2.45) is 28.2 Å². The summed E-state index contributed by atoms with van der Waals surface area (Å²) in [7, 11) is 5.84. The maximum atomic E-state index is 15.3. The fraction of sp³-hybridized carbons (Fsp3) is 0.443. The maximum Gasteiger partial charge on any atom is 0.496 e. The van der Waals surface area contributed by atoms with E-state index < -0.39 is 104 Å². The molecule has 12 aromatic rings. The molecular weight excluding hydrogens is 2150 g/mol. The molecule has 57 heteroatoms. The average molecular weight is 2250 g/mol. The second-order valence-corrected chi connectivity index (χ2v) is 39.6. The molecule has 0 spiro atoms. The van der Waals surface area contributed by atoms with Crippen molar-refractivity contribution >= 4 is 124 Å². The molecule has 18 rings (SSSR count). The number of halogens is 19. The molecule has 0 atom stereocenters. The van der Waals surface area contributed by atoms with Gasteiger partial charge in [0.25, 0.3) is 27.8 Å². The lowest BCUT2D eigenvalue weighted by Crippen LogP contribution is -2.41. The minimum absolute atomic E-state index is 0.0248. The SMILES string of the molecule is Cn1cc(-c2ccnc(-n3ncc4cc(C(C)(C)C)cc(F)c4c3=O)c2C=O)cc(Nc2cc3n(n2)CCN(CC(F)(F)F)C3)c1=O.Cn1cc(B2OC(C)(C)C(C)(C)O2)cc(Nc2cc3n(n2)CCN(CC(F)(F)F)C3)c1=O.Cn1cc(Br)cc(Br)c1=O.Cn1cc(Br)cc(Nc2cc3n(n2)CCN(CC(F)(F)F)C3)c1=O.Nc1cc2n(n1)CCN(CC(F)(F)F)C2.O=[N+]([O-])c1cc2n(n1)CCN(CC(F)(F)F)C2. The van der Waals surface area contributed by atoms with Gasteiger partial charge in [0.2, 0.25) is 0 Å². The van der Waals surface area contributed by atoms with Gasteiger partial charge < -0.3 is 59.4 Å². The zero-order valence-electron chi connectivity index (χ0n) is 79.3. The van der Waals surface area contributed by atoms with Gasteiger partial charge in [0.15, 0.2) is 29.6 Å². The number of rotatable bonds is 16. The van der Waals surface area contributed by atoms with Crippen LogP contribution in [0.4, 0.5) is 116 Å². The van der Waals surface area contributed by atoms with Crippen LogP contribution < -0.4 is 54.9 Å². The van der Waals surface area contributed by atoms with Gasteiger partial charge >= 0.3 is 43.8 Å². The molecule has 0 bridgehead atoms. The lowest BCUT2D eigenvalue weighted by molar-refractivity contribution is -0.389. The number of alkyl halides is 15. The smallest absolute Gasteiger partial charge is 0.399 e. The number of carbonyl (C=O) groups is 1. The first kappa shape index (κ1) is 110. The molecule has 0 radical (unpaired) electrons. The van der Waals surface area contributed by atoms with E-state index in [4.69, 9.17) is 15.0 Å². The van der Waals surface area contributed by atoms with Gasteiger partial charge in [-0.25, -0.2) is 9.37 Å². The standard InChI is InChI=1S/C32H30F4N8O3.C20H27BF3N5O3.C14H15BrF3N5O.C8H9F3N4O2.C8H11F3N4.C6H5Br2NO/c1-31(2,3)20-9-18-13-38-44(30(47)27(18)24(33)11-20)28-23(16-45)22(5-6-37-28)19-10-25(29(46)41(4)14-19)39-26-12-21-15-42(17-32(34,35)36)7-8-43(21)40-26;1-18(2)19(3,4)32-21(31-18)13-8-15(17(30)27(5)10-13)25-16-9-14-11-28(12-20(22,23)24)6-7-29(14)26-16;1-21-6-9(15)4-11(13(21)24)19-12-5-10-7-22(8-14(16,17)18)2-3-23(10)20-12;9-8(10,11)5-13-1-2-14-6(4-13)3-7(12-14)15(16)17;9-8(10,11)5-14-1-2-15-6(4-14)3-7(12)13-15;1-9-3-4(7)2-5(8)6(9)10/h5-6,9-14,16H,7-8,15,17H2,1-4H3,(H,39,40);8-10H,6-7,11-12H2,1-5H3,(H,25,26);4-6H,2-3,7-8H2,1H3,(H,19,20);3H,1-2,4-5H2;3H,1-2,4-5H2,(H2,12,13);2-3H,1H3. The van der Waals surface area contributed by atoms with Crippen LogP contribution in [0.15, 0.2) is 147 Å². The number of nitrogens with zero attached hydrogens (tertiary/aromatic N) is 23. The normalized spacial score (nSPS) is 16.1. The van der Waals surface area contributed by atoms with E-state index in [1.54, 1.807) is 107 Å². The second kappa shape index (κ2) is 43.4. The number of aryl methyl sites for hydroxylation is 4. The van der Waals surface area contributed by atoms with Crippen LogP contribution in [0.2, 0.25) is 0 Å². The first-order valence-corrected chi connectivity index (χ1v) is 46.7. The predicted molar refractivity (Wildman–Crippen MR) is 512 cm³/mol. The molecule has 0 amide bonds. The molecule has 37 nitrogen and oxygen atoms in total. The fourth-order valence-electron chi connectivity index (χ4n) is 16.3. The van der Waals surface area contributed by atoms with E-state index in [9.17, 15) is 105 Å². The number of aldehydes is 1. The Kier molecular flexibility index (Phi) is 32.9. The Morgan fingerprint density at radius 2 is 0.862 bits per heavy atom. The number of nitrogens with one attached hydrogen (secondary N) is 3. The van der Waals surface area contributed by atoms with Gasteiger partial charge in [0.05, 0.1) is 138 Å². The number of carbonyl (C=O) groups excluding carboxylic acids is 1. The quantitative estimate of drug-likeness (QED) is 0.0229. The van der Waals surface area contributed by atoms with E-state index in [2.05, 4.69) is 99.3 Å². The third kappa shape index (κ3) is 28.3. The minimum atomic E-state index is -4.33. The molecular formula is C88H97BBr3F16N27O10. The summed E-state index contributed by atoms with van der Waals surface area (Å²) in [5.41, 5.74) is 8.11. The zero-order chi connectivity index (χ0) is 106. The molecule has 0 aliphatic carbocycles. The first-order valence-electron chi connectivity index (χ1n) is 44.3. The predicted octanol–water partition coefficient (Wildman–Crippen LogP) is 13.1. The van der Waals surface area contributed by atoms with Crippen LogP contribution in [0.1, 0.15) is 92.9 Å². The number of pyridine rings is 5. The molecule has 5 N–H and O–H groups in total. The van der Waals surface area contributed by atoms with Gasteiger partial charge in [0, 0.05) is 174 Å². The highest BCUT2D eigenvalue weighted by atomic mass is 79.9. The fourth-order valence-corrected chi connectivity index (χ4v) is 18.2. The molecule has 780 valence electrons. The molecule has 1 fully saturated rings. The van der Waals surface area contributed by atoms with E-state index in [0.717, 1.165) is 19.3 Å². The average Bonchev–Trinajstić information content (AvgIpc) is 1.09. The summed E-state index contributed by atoms with van der Waals surface area (Å²) in [5.74, 6) is 0.286. The van der Waals surface area contributed by atoms with Crippen LogP contribution >= 0.6 is 47.8 Å². The van der Waals surface area contributed by atoms with Gasteiger partial charge in [-0.3, -0.25) is 72.0 Å². The summed E-state index contributed by atoms with van der Waals surface area (Å²) < 4.78 is 232. The van der Waals surface area contributed by atoms with E-state index in [-0.39, 0.29) is 134 Å². The van der Waals surface area contributed by atoms with Crippen LogP contribution in [0.25, 0.3) is 27.7 Å². The van der Waals surface area contributed by atoms with Crippen LogP contribution in [0, 0.1) is 15.9 Å². The van der Waals surface area contributed by atoms with Gasteiger partial charge in [-0.2, -0.15) is 101 Å². The molecule has 1 aromatic carbocycles. The molecule has 0 unspecified atom stereocenters. The van der Waals surface area contributed by atoms with E-state index >= 15 is 4.39 Å². The van der Waals surface area contributed by atoms with Crippen molar-refractivity contribution in [1.82, 2.24) is 106 Å². The minimum Gasteiger partial charge on any atom is -0.399 e. The number of nitro groups is 1. The third-order valence-electron chi connectivity index (χ3n) is 23.9. The number of nitrogens with two attached hydrogens (primary N) is 1. The van der Waals surface area contributed by atoms with E-state index in [1.807, 2.05) is 48.5 Å². The van der Waals surface area contributed by atoms with Gasteiger partial charge in [0.1, 0.15) is 28.7 Å². The van der Waals surface area contributed by atoms with Crippen LogP contribution in [-0.4, -0.2) is 232 Å². The van der Waals surface area contributed by atoms with Crippen molar-refractivity contribution in [2.45, 2.75) is 161 Å². The number of aromatic nitrogens is 17. The topological polar surface area (TPSA) is 382 Å². The van der Waals surface area contributed by atoms with Crippen molar-refractivity contribution < 1.29 is 89.3 Å². The summed E-state index contributed by atoms with van der Waals surface area (Å²) >= 11 is 9.71. The van der Waals surface area contributed by atoms with Crippen molar-refractivity contribution in [3.05, 3.63) is 231 Å². The van der Waals surface area contributed by atoms with Crippen molar-refractivity contribution in [1.29, 1.82) is 0 Å². The lowest BCUT2D eigenvalue weighted by atomic mass is 9.80. The van der Waals surface area contributed by atoms with Crippen molar-refractivity contribution in [3.8, 4) is 16.9 Å². The molecule has 6 aliphatic heterocycles. The number of nitrogen functional groups attached to an aromatic ring is 1. The summed E-state index contributed by atoms with van der Waals surface area (Å²) in [6, 6.07) is 18.8. The second-order valence-electron chi connectivity index (χ2n) is 36.9. The Bertz CT molecular complexity index is 7080. The first-order chi connectivity index (χ1) is 67.5. The maximum absolute atomic E-state index is 15.3. The molecule has 0 saturated carbocycles. The van der Waals surface area contributed by atoms with Crippen LogP contribution in [-0.2, 0) is 108 Å². The summed E-state index contributed by atoms with van der Waals surface area (Å²) in [5, 5.41) is 44.5. The number of hydrogen-bond donors (Lipinski definition) is 4. The highest BCUT2D eigenvalue weighted by Gasteiger charge is 2.52. The lowest BCUT2D eigenvalue weighted by Gasteiger charge is -2.32. The molecule has 11 aromatic heterocycles.